The molecule has 0 spiro atoms. The van der Waals surface area contributed by atoms with Gasteiger partial charge in [0.05, 0.1) is 12.5 Å². The molecule has 0 fully saturated rings. The fourth-order valence-corrected chi connectivity index (χ4v) is 2.49. The second kappa shape index (κ2) is 5.28. The number of Topliss-reactive ketones (excluding diaryl/α,β-unsaturated/α-hetero) is 1. The van der Waals surface area contributed by atoms with Crippen molar-refractivity contribution in [3.63, 3.8) is 0 Å². The lowest BCUT2D eigenvalue weighted by Crippen LogP contribution is -2.32. The molecule has 1 aliphatic carbocycles. The van der Waals surface area contributed by atoms with Crippen molar-refractivity contribution in [3.05, 3.63) is 11.1 Å². The van der Waals surface area contributed by atoms with Crippen LogP contribution < -0.4 is 0 Å². The molecule has 0 unspecified atom stereocenters. The largest absolute Gasteiger partial charge is 0.466 e. The minimum absolute atomic E-state index is 0.0573. The highest BCUT2D eigenvalue weighted by atomic mass is 16.5. The van der Waals surface area contributed by atoms with Crippen LogP contribution in [0.2, 0.25) is 0 Å². The SMILES string of the molecule is CCOC(=O)[C@H]1C(C)=C(CC)C(=O)C[C@H]1C. The van der Waals surface area contributed by atoms with Crippen LogP contribution >= 0.6 is 0 Å². The second-order valence-corrected chi connectivity index (χ2v) is 4.35. The Bertz CT molecular complexity index is 328. The Morgan fingerprint density at radius 1 is 1.44 bits per heavy atom. The van der Waals surface area contributed by atoms with Crippen molar-refractivity contribution in [3.8, 4) is 0 Å². The zero-order valence-corrected chi connectivity index (χ0v) is 10.5. The number of ketones is 1. The van der Waals surface area contributed by atoms with Gasteiger partial charge in [0, 0.05) is 6.42 Å². The van der Waals surface area contributed by atoms with Gasteiger partial charge in [-0.05, 0) is 31.8 Å². The number of ether oxygens (including phenoxy) is 1. The van der Waals surface area contributed by atoms with Gasteiger partial charge in [0.2, 0.25) is 0 Å². The lowest BCUT2D eigenvalue weighted by atomic mass is 9.75. The quantitative estimate of drug-likeness (QED) is 0.692. The Morgan fingerprint density at radius 3 is 2.56 bits per heavy atom. The Hall–Kier alpha value is -1.12. The van der Waals surface area contributed by atoms with E-state index < -0.39 is 0 Å². The maximum atomic E-state index is 11.8. The van der Waals surface area contributed by atoms with Crippen LogP contribution in [-0.2, 0) is 14.3 Å². The minimum Gasteiger partial charge on any atom is -0.466 e. The van der Waals surface area contributed by atoms with Gasteiger partial charge >= 0.3 is 5.97 Å². The monoisotopic (exact) mass is 224 g/mol. The molecule has 90 valence electrons. The average molecular weight is 224 g/mol. The Labute approximate surface area is 96.9 Å². The molecular weight excluding hydrogens is 204 g/mol. The van der Waals surface area contributed by atoms with Gasteiger partial charge in [0.1, 0.15) is 0 Å². The summed E-state index contributed by atoms with van der Waals surface area (Å²) in [6.45, 7) is 7.97. The highest BCUT2D eigenvalue weighted by Gasteiger charge is 2.36. The van der Waals surface area contributed by atoms with Crippen molar-refractivity contribution in [2.75, 3.05) is 6.61 Å². The molecule has 0 N–H and O–H groups in total. The Balaban J connectivity index is 3.02. The lowest BCUT2D eigenvalue weighted by molar-refractivity contribution is -0.148. The van der Waals surface area contributed by atoms with Crippen LogP contribution in [0, 0.1) is 11.8 Å². The van der Waals surface area contributed by atoms with E-state index in [0.29, 0.717) is 19.4 Å². The van der Waals surface area contributed by atoms with Gasteiger partial charge < -0.3 is 4.74 Å². The van der Waals surface area contributed by atoms with E-state index in [-0.39, 0.29) is 23.6 Å². The Kier molecular flexibility index (Phi) is 4.27. The van der Waals surface area contributed by atoms with E-state index in [1.807, 2.05) is 20.8 Å². The fourth-order valence-electron chi connectivity index (χ4n) is 2.49. The lowest BCUT2D eigenvalue weighted by Gasteiger charge is -2.29. The van der Waals surface area contributed by atoms with Crippen molar-refractivity contribution < 1.29 is 14.3 Å². The molecule has 0 aliphatic heterocycles. The van der Waals surface area contributed by atoms with Crippen molar-refractivity contribution in [1.29, 1.82) is 0 Å². The third-order valence-corrected chi connectivity index (χ3v) is 3.25. The summed E-state index contributed by atoms with van der Waals surface area (Å²) in [6, 6.07) is 0. The molecule has 0 heterocycles. The van der Waals surface area contributed by atoms with E-state index in [1.54, 1.807) is 6.92 Å². The van der Waals surface area contributed by atoms with E-state index in [9.17, 15) is 9.59 Å². The normalized spacial score (nSPS) is 25.9. The first-order chi connectivity index (χ1) is 7.52. The summed E-state index contributed by atoms with van der Waals surface area (Å²) in [7, 11) is 0. The first kappa shape index (κ1) is 12.9. The summed E-state index contributed by atoms with van der Waals surface area (Å²) in [5.74, 6) is -0.173. The third kappa shape index (κ3) is 2.34. The number of esters is 1. The van der Waals surface area contributed by atoms with Crippen LogP contribution in [0.25, 0.3) is 0 Å². The number of rotatable bonds is 3. The highest BCUT2D eigenvalue weighted by Crippen LogP contribution is 2.34. The van der Waals surface area contributed by atoms with Crippen LogP contribution in [0.15, 0.2) is 11.1 Å². The van der Waals surface area contributed by atoms with Crippen LogP contribution in [0.1, 0.15) is 40.5 Å². The maximum Gasteiger partial charge on any atom is 0.313 e. The van der Waals surface area contributed by atoms with Crippen molar-refractivity contribution in [2.24, 2.45) is 11.8 Å². The van der Waals surface area contributed by atoms with Gasteiger partial charge in [-0.3, -0.25) is 9.59 Å². The molecule has 0 bridgehead atoms. The second-order valence-electron chi connectivity index (χ2n) is 4.35. The van der Waals surface area contributed by atoms with Crippen LogP contribution in [-0.4, -0.2) is 18.4 Å². The summed E-state index contributed by atoms with van der Waals surface area (Å²) in [4.78, 5) is 23.6. The standard InChI is InChI=1S/C13H20O3/c1-5-10-9(4)12(13(15)16-6-2)8(3)7-11(10)14/h8,12H,5-7H2,1-4H3/t8-,12-/m1/s1. The summed E-state index contributed by atoms with van der Waals surface area (Å²) in [5.41, 5.74) is 1.72. The number of carbonyl (C=O) groups excluding carboxylic acids is 2. The molecule has 0 saturated carbocycles. The first-order valence-corrected chi connectivity index (χ1v) is 5.92. The average Bonchev–Trinajstić information content (AvgIpc) is 2.17. The zero-order chi connectivity index (χ0) is 12.3. The van der Waals surface area contributed by atoms with Crippen molar-refractivity contribution in [2.45, 2.75) is 40.5 Å². The third-order valence-electron chi connectivity index (χ3n) is 3.25. The van der Waals surface area contributed by atoms with E-state index in [2.05, 4.69) is 0 Å². The molecule has 2 atom stereocenters. The smallest absolute Gasteiger partial charge is 0.313 e. The van der Waals surface area contributed by atoms with Crippen molar-refractivity contribution in [1.82, 2.24) is 0 Å². The van der Waals surface area contributed by atoms with E-state index in [4.69, 9.17) is 4.74 Å². The molecule has 1 aliphatic rings. The first-order valence-electron chi connectivity index (χ1n) is 5.92. The van der Waals surface area contributed by atoms with Gasteiger partial charge in [-0.25, -0.2) is 0 Å². The molecule has 3 heteroatoms. The summed E-state index contributed by atoms with van der Waals surface area (Å²) < 4.78 is 5.07. The highest BCUT2D eigenvalue weighted by molar-refractivity contribution is 5.99. The number of hydrogen-bond acceptors (Lipinski definition) is 3. The number of carbonyl (C=O) groups is 2. The minimum atomic E-state index is -0.229. The van der Waals surface area contributed by atoms with Gasteiger partial charge in [0.15, 0.2) is 5.78 Å². The van der Waals surface area contributed by atoms with Crippen molar-refractivity contribution >= 4 is 11.8 Å². The van der Waals surface area contributed by atoms with Gasteiger partial charge in [-0.2, -0.15) is 0 Å². The summed E-state index contributed by atoms with van der Waals surface area (Å²) >= 11 is 0. The van der Waals surface area contributed by atoms with Gasteiger partial charge in [0.25, 0.3) is 0 Å². The van der Waals surface area contributed by atoms with E-state index in [0.717, 1.165) is 11.1 Å². The van der Waals surface area contributed by atoms with Crippen LogP contribution in [0.4, 0.5) is 0 Å². The number of allylic oxidation sites excluding steroid dienone is 1. The molecule has 0 saturated heterocycles. The number of hydrogen-bond donors (Lipinski definition) is 0. The molecule has 0 aromatic rings. The molecule has 0 radical (unpaired) electrons. The molecule has 0 aromatic heterocycles. The van der Waals surface area contributed by atoms with Gasteiger partial charge in [-0.15, -0.1) is 0 Å². The summed E-state index contributed by atoms with van der Waals surface area (Å²) in [5, 5.41) is 0. The van der Waals surface area contributed by atoms with E-state index >= 15 is 0 Å². The molecule has 3 nitrogen and oxygen atoms in total. The predicted molar refractivity (Wildman–Crippen MR) is 61.9 cm³/mol. The van der Waals surface area contributed by atoms with Gasteiger partial charge in [-0.1, -0.05) is 19.4 Å². The molecule has 16 heavy (non-hydrogen) atoms. The van der Waals surface area contributed by atoms with E-state index in [1.165, 1.54) is 0 Å². The topological polar surface area (TPSA) is 43.4 Å². The molecule has 0 aromatic carbocycles. The Morgan fingerprint density at radius 2 is 2.06 bits per heavy atom. The fraction of sp³-hybridized carbons (Fsp3) is 0.692. The molecular formula is C13H20O3. The predicted octanol–water partition coefficient (Wildman–Crippen LogP) is 2.50. The maximum absolute atomic E-state index is 11.8. The van der Waals surface area contributed by atoms with Crippen LogP contribution in [0.5, 0.6) is 0 Å². The molecule has 0 amide bonds. The van der Waals surface area contributed by atoms with Crippen LogP contribution in [0.3, 0.4) is 0 Å². The summed E-state index contributed by atoms with van der Waals surface area (Å²) in [6.07, 6.45) is 1.16. The zero-order valence-electron chi connectivity index (χ0n) is 10.5. The molecule has 1 rings (SSSR count).